The maximum Gasteiger partial charge on any atom is 0.0468 e. The number of nitrogens with zero attached hydrogens (tertiary/aromatic N) is 2. The summed E-state index contributed by atoms with van der Waals surface area (Å²) in [4.78, 5) is 4.85. The van der Waals surface area contributed by atoms with E-state index >= 15 is 0 Å². The summed E-state index contributed by atoms with van der Waals surface area (Å²) < 4.78 is 0. The van der Waals surface area contributed by atoms with Crippen molar-refractivity contribution >= 4 is 55.7 Å². The Bertz CT molecular complexity index is 2090. The molecule has 250 valence electrons. The Morgan fingerprint density at radius 2 is 0.480 bits per heavy atom. The maximum absolute atomic E-state index is 2.42. The average molecular weight is 653 g/mol. The van der Waals surface area contributed by atoms with Crippen molar-refractivity contribution in [2.24, 2.45) is 0 Å². The zero-order chi connectivity index (χ0) is 35.4. The lowest BCUT2D eigenvalue weighted by Crippen LogP contribution is -2.11. The van der Waals surface area contributed by atoms with Gasteiger partial charge in [-0.15, -0.1) is 0 Å². The summed E-state index contributed by atoms with van der Waals surface area (Å²) in [5, 5.41) is 5.17. The van der Waals surface area contributed by atoms with Crippen LogP contribution >= 0.6 is 0 Å². The molecule has 0 fully saturated rings. The Hall–Kier alpha value is -5.34. The Kier molecular flexibility index (Phi) is 8.52. The SMILES string of the molecule is Cc1cc(C)cc(N(c2cc(C)cc(C)c2)c2ccc3c(C)c4cc(N(c5cc(C)cc(C)c5)c5cc(C)cc(C)c5)ccc4c(C)c3c2)c1. The number of aryl methyl sites for hydroxylation is 10. The molecule has 0 aliphatic heterocycles. The van der Waals surface area contributed by atoms with Gasteiger partial charge in [0.15, 0.2) is 0 Å². The van der Waals surface area contributed by atoms with Gasteiger partial charge in [-0.25, -0.2) is 0 Å². The van der Waals surface area contributed by atoms with Crippen molar-refractivity contribution in [2.45, 2.75) is 69.2 Å². The van der Waals surface area contributed by atoms with Gasteiger partial charge in [0.2, 0.25) is 0 Å². The molecule has 0 saturated heterocycles. The smallest absolute Gasteiger partial charge is 0.0468 e. The lowest BCUT2D eigenvalue weighted by molar-refractivity contribution is 1.23. The topological polar surface area (TPSA) is 6.48 Å². The van der Waals surface area contributed by atoms with Crippen molar-refractivity contribution in [3.8, 4) is 0 Å². The summed E-state index contributed by atoms with van der Waals surface area (Å²) in [5.41, 5.74) is 19.8. The van der Waals surface area contributed by atoms with Gasteiger partial charge in [-0.1, -0.05) is 36.4 Å². The van der Waals surface area contributed by atoms with Crippen LogP contribution in [0.3, 0.4) is 0 Å². The predicted octanol–water partition coefficient (Wildman–Crippen LogP) is 14.0. The molecular formula is C48H48N2. The van der Waals surface area contributed by atoms with E-state index in [0.29, 0.717) is 0 Å². The second-order valence-electron chi connectivity index (χ2n) is 14.8. The van der Waals surface area contributed by atoms with Crippen LogP contribution < -0.4 is 9.80 Å². The first-order valence-electron chi connectivity index (χ1n) is 17.7. The largest absolute Gasteiger partial charge is 0.310 e. The van der Waals surface area contributed by atoms with E-state index in [1.54, 1.807) is 0 Å². The summed E-state index contributed by atoms with van der Waals surface area (Å²) in [6, 6.07) is 41.5. The molecule has 0 atom stereocenters. The lowest BCUT2D eigenvalue weighted by atomic mass is 9.92. The fourth-order valence-corrected chi connectivity index (χ4v) is 8.12. The summed E-state index contributed by atoms with van der Waals surface area (Å²) >= 11 is 0. The molecule has 7 aromatic carbocycles. The Labute approximate surface area is 298 Å². The Balaban J connectivity index is 1.43. The first-order chi connectivity index (χ1) is 23.8. The van der Waals surface area contributed by atoms with Crippen LogP contribution in [0.5, 0.6) is 0 Å². The van der Waals surface area contributed by atoms with Crippen molar-refractivity contribution in [3.63, 3.8) is 0 Å². The van der Waals surface area contributed by atoms with Gasteiger partial charge < -0.3 is 9.80 Å². The number of fused-ring (bicyclic) bond motifs is 2. The third-order valence-electron chi connectivity index (χ3n) is 10.00. The van der Waals surface area contributed by atoms with Gasteiger partial charge in [-0.3, -0.25) is 0 Å². The standard InChI is InChI=1S/C48H48N2/c1-29-15-30(2)20-41(19-29)49(42-21-31(3)16-32(4)22-42)39-11-13-45-38(10)48-28-40(12-14-46(48)37(9)47(45)27-39)50(43-23-33(5)17-34(6)24-43)44-25-35(7)18-36(8)26-44/h11-28H,1-10H3. The number of hydrogen-bond donors (Lipinski definition) is 0. The monoisotopic (exact) mass is 652 g/mol. The van der Waals surface area contributed by atoms with Crippen LogP contribution in [-0.2, 0) is 0 Å². The lowest BCUT2D eigenvalue weighted by Gasteiger charge is -2.28. The second-order valence-corrected chi connectivity index (χ2v) is 14.8. The highest BCUT2D eigenvalue weighted by atomic mass is 15.1. The van der Waals surface area contributed by atoms with Crippen LogP contribution in [-0.4, -0.2) is 0 Å². The van der Waals surface area contributed by atoms with Gasteiger partial charge in [0.1, 0.15) is 0 Å². The third kappa shape index (κ3) is 6.27. The molecule has 0 aliphatic rings. The fourth-order valence-electron chi connectivity index (χ4n) is 8.12. The molecule has 0 radical (unpaired) electrons. The molecule has 7 rings (SSSR count). The van der Waals surface area contributed by atoms with Gasteiger partial charge >= 0.3 is 0 Å². The molecule has 50 heavy (non-hydrogen) atoms. The van der Waals surface area contributed by atoms with Crippen LogP contribution in [0, 0.1) is 69.2 Å². The van der Waals surface area contributed by atoms with Crippen molar-refractivity contribution in [3.05, 3.63) is 165 Å². The molecule has 7 aromatic rings. The predicted molar refractivity (Wildman–Crippen MR) is 218 cm³/mol. The molecule has 0 saturated carbocycles. The molecule has 0 aliphatic carbocycles. The van der Waals surface area contributed by atoms with Crippen molar-refractivity contribution in [1.29, 1.82) is 0 Å². The molecule has 0 heterocycles. The number of hydrogen-bond acceptors (Lipinski definition) is 2. The summed E-state index contributed by atoms with van der Waals surface area (Å²) in [6.07, 6.45) is 0. The third-order valence-corrected chi connectivity index (χ3v) is 10.00. The first-order valence-corrected chi connectivity index (χ1v) is 17.7. The molecule has 0 amide bonds. The number of anilines is 6. The van der Waals surface area contributed by atoms with Crippen LogP contribution in [0.2, 0.25) is 0 Å². The average Bonchev–Trinajstić information content (AvgIpc) is 3.02. The Morgan fingerprint density at radius 1 is 0.240 bits per heavy atom. The van der Waals surface area contributed by atoms with Gasteiger partial charge in [-0.2, -0.15) is 0 Å². The van der Waals surface area contributed by atoms with Crippen LogP contribution in [0.1, 0.15) is 55.6 Å². The second kappa shape index (κ2) is 12.8. The van der Waals surface area contributed by atoms with Crippen LogP contribution in [0.15, 0.2) is 109 Å². The van der Waals surface area contributed by atoms with E-state index in [9.17, 15) is 0 Å². The molecule has 0 aromatic heterocycles. The first kappa shape index (κ1) is 33.2. The zero-order valence-corrected chi connectivity index (χ0v) is 31.3. The molecular weight excluding hydrogens is 605 g/mol. The van der Waals surface area contributed by atoms with E-state index in [4.69, 9.17) is 0 Å². The highest BCUT2D eigenvalue weighted by molar-refractivity contribution is 6.08. The molecule has 0 N–H and O–H groups in total. The van der Waals surface area contributed by atoms with Crippen LogP contribution in [0.25, 0.3) is 21.5 Å². The molecule has 0 unspecified atom stereocenters. The summed E-state index contributed by atoms with van der Waals surface area (Å²) in [5.74, 6) is 0. The van der Waals surface area contributed by atoms with E-state index in [1.165, 1.54) is 111 Å². The highest BCUT2D eigenvalue weighted by Crippen LogP contribution is 2.43. The van der Waals surface area contributed by atoms with Crippen molar-refractivity contribution < 1.29 is 0 Å². The summed E-state index contributed by atoms with van der Waals surface area (Å²) in [6.45, 7) is 22.1. The molecule has 2 nitrogen and oxygen atoms in total. The quantitative estimate of drug-likeness (QED) is 0.165. The fraction of sp³-hybridized carbons (Fsp3) is 0.208. The normalized spacial score (nSPS) is 11.4. The van der Waals surface area contributed by atoms with E-state index in [-0.39, 0.29) is 0 Å². The van der Waals surface area contributed by atoms with Crippen molar-refractivity contribution in [2.75, 3.05) is 9.80 Å². The minimum Gasteiger partial charge on any atom is -0.310 e. The molecule has 2 heteroatoms. The van der Waals surface area contributed by atoms with Gasteiger partial charge in [0, 0.05) is 34.1 Å². The van der Waals surface area contributed by atoms with Gasteiger partial charge in [0.05, 0.1) is 0 Å². The van der Waals surface area contributed by atoms with E-state index in [1.807, 2.05) is 0 Å². The van der Waals surface area contributed by atoms with E-state index in [0.717, 1.165) is 0 Å². The highest BCUT2D eigenvalue weighted by Gasteiger charge is 2.19. The molecule has 0 bridgehead atoms. The minimum absolute atomic E-state index is 1.17. The van der Waals surface area contributed by atoms with Gasteiger partial charge in [-0.05, 0) is 219 Å². The zero-order valence-electron chi connectivity index (χ0n) is 31.3. The summed E-state index contributed by atoms with van der Waals surface area (Å²) in [7, 11) is 0. The molecule has 0 spiro atoms. The number of rotatable bonds is 6. The van der Waals surface area contributed by atoms with Crippen molar-refractivity contribution in [1.82, 2.24) is 0 Å². The number of benzene rings is 7. The minimum atomic E-state index is 1.17. The maximum atomic E-state index is 2.42. The van der Waals surface area contributed by atoms with E-state index in [2.05, 4.69) is 188 Å². The van der Waals surface area contributed by atoms with Gasteiger partial charge in [0.25, 0.3) is 0 Å². The Morgan fingerprint density at radius 3 is 0.720 bits per heavy atom. The van der Waals surface area contributed by atoms with Crippen LogP contribution in [0.4, 0.5) is 34.1 Å². The van der Waals surface area contributed by atoms with E-state index < -0.39 is 0 Å².